The summed E-state index contributed by atoms with van der Waals surface area (Å²) in [6, 6.07) is 0. The third kappa shape index (κ3) is 11.4. The van der Waals surface area contributed by atoms with E-state index in [1.54, 1.807) is 16.7 Å². The summed E-state index contributed by atoms with van der Waals surface area (Å²) in [6.07, 6.45) is 34.1. The molecule has 0 heteroatoms. The van der Waals surface area contributed by atoms with Crippen molar-refractivity contribution in [1.29, 1.82) is 0 Å². The van der Waals surface area contributed by atoms with Crippen molar-refractivity contribution in [3.05, 3.63) is 106 Å². The molecule has 0 bridgehead atoms. The Morgan fingerprint density at radius 1 is 0.690 bits per heavy atom. The van der Waals surface area contributed by atoms with Gasteiger partial charge in [0.2, 0.25) is 0 Å². The molecule has 0 amide bonds. The zero-order chi connectivity index (χ0) is 31.5. The number of hydrogen-bond donors (Lipinski definition) is 0. The molecule has 0 saturated heterocycles. The van der Waals surface area contributed by atoms with Gasteiger partial charge in [-0.3, -0.25) is 0 Å². The Kier molecular flexibility index (Phi) is 14.1. The first-order valence-corrected chi connectivity index (χ1v) is 16.8. The largest absolute Gasteiger partial charge is 0.0814 e. The van der Waals surface area contributed by atoms with Gasteiger partial charge in [-0.05, 0) is 119 Å². The average molecular weight is 569 g/mol. The first kappa shape index (κ1) is 35.9. The van der Waals surface area contributed by atoms with Crippen molar-refractivity contribution in [3.8, 4) is 0 Å². The number of rotatable bonds is 12. The fraction of sp³-hybridized carbons (Fsp3) is 0.571. The van der Waals surface area contributed by atoms with Crippen molar-refractivity contribution in [2.24, 2.45) is 28.6 Å². The molecular weight excluding hydrogens is 504 g/mol. The molecule has 0 radical (unpaired) electrons. The van der Waals surface area contributed by atoms with Crippen molar-refractivity contribution in [1.82, 2.24) is 0 Å². The molecule has 0 aromatic carbocycles. The molecule has 3 atom stereocenters. The Bertz CT molecular complexity index is 1170. The van der Waals surface area contributed by atoms with E-state index in [2.05, 4.69) is 150 Å². The SMILES string of the molecule is CC1=C(/C=C/C(C)=C/C=C/C(C)=C/C=C/C(C)C(C)C(C)C/C=C(C)/C=C/C2=C(C)CCCC2(C)C)C(C)(C)CCC1. The van der Waals surface area contributed by atoms with Crippen molar-refractivity contribution >= 4 is 0 Å². The maximum absolute atomic E-state index is 2.44. The summed E-state index contributed by atoms with van der Waals surface area (Å²) in [6.45, 7) is 28.0. The summed E-state index contributed by atoms with van der Waals surface area (Å²) in [4.78, 5) is 0. The van der Waals surface area contributed by atoms with Crippen molar-refractivity contribution in [2.75, 3.05) is 0 Å². The molecule has 2 aliphatic carbocycles. The standard InChI is InChI=1S/C42H64/c1-31(17-13-18-32(2)24-27-39-36(6)21-15-29-41(39,9)10)19-14-20-34(4)38(8)35(5)26-23-33(3)25-28-40-37(7)22-16-30-42(40,11)12/h13-14,17-20,23-25,27-28,34-35,38H,15-16,21-22,26,29-30H2,1-12H3/b17-13+,20-14+,27-24+,28-25+,31-19+,32-18+,33-23+. The lowest BCUT2D eigenvalue weighted by atomic mass is 9.72. The highest BCUT2D eigenvalue weighted by Gasteiger charge is 2.27. The van der Waals surface area contributed by atoms with Gasteiger partial charge in [0, 0.05) is 0 Å². The second kappa shape index (κ2) is 16.5. The lowest BCUT2D eigenvalue weighted by Crippen LogP contribution is -2.19. The van der Waals surface area contributed by atoms with Gasteiger partial charge in [0.25, 0.3) is 0 Å². The van der Waals surface area contributed by atoms with Crippen LogP contribution in [0.2, 0.25) is 0 Å². The van der Waals surface area contributed by atoms with E-state index in [9.17, 15) is 0 Å². The van der Waals surface area contributed by atoms with Crippen LogP contribution in [0.4, 0.5) is 0 Å². The van der Waals surface area contributed by atoms with Gasteiger partial charge < -0.3 is 0 Å². The van der Waals surface area contributed by atoms with E-state index < -0.39 is 0 Å². The van der Waals surface area contributed by atoms with Gasteiger partial charge in [-0.25, -0.2) is 0 Å². The minimum atomic E-state index is 0.295. The zero-order valence-corrected chi connectivity index (χ0v) is 29.5. The Morgan fingerprint density at radius 3 is 1.69 bits per heavy atom. The highest BCUT2D eigenvalue weighted by atomic mass is 14.3. The summed E-state index contributed by atoms with van der Waals surface area (Å²) < 4.78 is 0. The molecular formula is C42H64. The number of allylic oxidation sites excluding steroid dienone is 18. The predicted octanol–water partition coefficient (Wildman–Crippen LogP) is 13.4. The first-order chi connectivity index (χ1) is 19.6. The molecule has 0 aromatic rings. The number of hydrogen-bond acceptors (Lipinski definition) is 0. The van der Waals surface area contributed by atoms with E-state index in [1.807, 2.05) is 0 Å². The lowest BCUT2D eigenvalue weighted by Gasteiger charge is -2.33. The van der Waals surface area contributed by atoms with Gasteiger partial charge in [-0.15, -0.1) is 0 Å². The molecule has 2 rings (SSSR count). The van der Waals surface area contributed by atoms with E-state index >= 15 is 0 Å². The summed E-state index contributed by atoms with van der Waals surface area (Å²) in [5, 5.41) is 0. The van der Waals surface area contributed by atoms with Crippen LogP contribution in [-0.2, 0) is 0 Å². The lowest BCUT2D eigenvalue weighted by molar-refractivity contribution is 0.322. The maximum atomic E-state index is 2.44. The summed E-state index contributed by atoms with van der Waals surface area (Å²) in [7, 11) is 0. The summed E-state index contributed by atoms with van der Waals surface area (Å²) >= 11 is 0. The fourth-order valence-corrected chi connectivity index (χ4v) is 6.64. The molecule has 0 nitrogen and oxygen atoms in total. The van der Waals surface area contributed by atoms with Crippen LogP contribution in [0, 0.1) is 28.6 Å². The van der Waals surface area contributed by atoms with Crippen LogP contribution in [-0.4, -0.2) is 0 Å². The first-order valence-electron chi connectivity index (χ1n) is 16.8. The third-order valence-electron chi connectivity index (χ3n) is 10.1. The van der Waals surface area contributed by atoms with Crippen molar-refractivity contribution in [2.45, 2.75) is 128 Å². The predicted molar refractivity (Wildman–Crippen MR) is 191 cm³/mol. The van der Waals surface area contributed by atoms with E-state index in [1.165, 1.54) is 60.8 Å². The molecule has 0 spiro atoms. The Labute approximate surface area is 261 Å². The molecule has 0 saturated carbocycles. The Hall–Kier alpha value is -2.34. The topological polar surface area (TPSA) is 0 Å². The van der Waals surface area contributed by atoms with Gasteiger partial charge in [0.15, 0.2) is 0 Å². The average Bonchev–Trinajstić information content (AvgIpc) is 2.89. The molecule has 2 aliphatic rings. The molecule has 42 heavy (non-hydrogen) atoms. The highest BCUT2D eigenvalue weighted by molar-refractivity contribution is 5.38. The monoisotopic (exact) mass is 569 g/mol. The maximum Gasteiger partial charge on any atom is -0.0104 e. The van der Waals surface area contributed by atoms with Crippen molar-refractivity contribution in [3.63, 3.8) is 0 Å². The second-order valence-corrected chi connectivity index (χ2v) is 15.0. The van der Waals surface area contributed by atoms with E-state index in [4.69, 9.17) is 0 Å². The Balaban J connectivity index is 1.88. The van der Waals surface area contributed by atoms with Gasteiger partial charge in [0.1, 0.15) is 0 Å². The van der Waals surface area contributed by atoms with Gasteiger partial charge in [0.05, 0.1) is 0 Å². The summed E-state index contributed by atoms with van der Waals surface area (Å²) in [5.41, 5.74) is 10.8. The molecule has 0 aromatic heterocycles. The molecule has 0 heterocycles. The minimum absolute atomic E-state index is 0.295. The molecule has 0 N–H and O–H groups in total. The van der Waals surface area contributed by atoms with Crippen molar-refractivity contribution < 1.29 is 0 Å². The van der Waals surface area contributed by atoms with Gasteiger partial charge in [-0.1, -0.05) is 143 Å². The molecule has 3 unspecified atom stereocenters. The van der Waals surface area contributed by atoms with Crippen LogP contribution in [0.1, 0.15) is 128 Å². The third-order valence-corrected chi connectivity index (χ3v) is 10.1. The van der Waals surface area contributed by atoms with Crippen LogP contribution >= 0.6 is 0 Å². The molecule has 0 fully saturated rings. The van der Waals surface area contributed by atoms with Crippen LogP contribution in [0.3, 0.4) is 0 Å². The quantitative estimate of drug-likeness (QED) is 0.205. The molecule has 232 valence electrons. The van der Waals surface area contributed by atoms with E-state index in [0.29, 0.717) is 28.6 Å². The fourth-order valence-electron chi connectivity index (χ4n) is 6.64. The van der Waals surface area contributed by atoms with Crippen LogP contribution in [0.25, 0.3) is 0 Å². The minimum Gasteiger partial charge on any atom is -0.0814 e. The van der Waals surface area contributed by atoms with E-state index in [0.717, 1.165) is 6.42 Å². The van der Waals surface area contributed by atoms with E-state index in [-0.39, 0.29) is 0 Å². The van der Waals surface area contributed by atoms with Crippen LogP contribution in [0.5, 0.6) is 0 Å². The Morgan fingerprint density at radius 2 is 1.17 bits per heavy atom. The summed E-state index contributed by atoms with van der Waals surface area (Å²) in [5.74, 6) is 1.82. The normalized spacial score (nSPS) is 23.2. The second-order valence-electron chi connectivity index (χ2n) is 15.0. The van der Waals surface area contributed by atoms with Gasteiger partial charge in [-0.2, -0.15) is 0 Å². The zero-order valence-electron chi connectivity index (χ0n) is 29.5. The van der Waals surface area contributed by atoms with Crippen LogP contribution < -0.4 is 0 Å². The van der Waals surface area contributed by atoms with Crippen LogP contribution in [0.15, 0.2) is 106 Å². The highest BCUT2D eigenvalue weighted by Crippen LogP contribution is 2.41. The smallest absolute Gasteiger partial charge is 0.0104 e. The molecule has 0 aliphatic heterocycles. The van der Waals surface area contributed by atoms with Gasteiger partial charge >= 0.3 is 0 Å².